The fraction of sp³-hybridized carbons (Fsp3) is 0.600. The molecule has 108 valence electrons. The molecular weight excluding hydrogens is 245 g/mol. The third-order valence-corrected chi connectivity index (χ3v) is 2.84. The Hall–Kier alpha value is -1.13. The largest absolute Gasteiger partial charge is 0.488 e. The van der Waals surface area contributed by atoms with E-state index in [0.29, 0.717) is 25.4 Å². The Morgan fingerprint density at radius 3 is 2.63 bits per heavy atom. The van der Waals surface area contributed by atoms with Crippen LogP contribution in [0.1, 0.15) is 32.8 Å². The first-order chi connectivity index (χ1) is 9.04. The molecule has 0 amide bonds. The molecule has 19 heavy (non-hydrogen) atoms. The zero-order chi connectivity index (χ0) is 14.3. The SMILES string of the molecule is CCC(N)Cc1cccc(F)c1OCCOC(C)C. The van der Waals surface area contributed by atoms with E-state index in [1.807, 2.05) is 26.8 Å². The molecule has 3 nitrogen and oxygen atoms in total. The summed E-state index contributed by atoms with van der Waals surface area (Å²) in [5, 5.41) is 0. The highest BCUT2D eigenvalue weighted by Gasteiger charge is 2.12. The van der Waals surface area contributed by atoms with Crippen LogP contribution in [0.25, 0.3) is 0 Å². The molecule has 0 fully saturated rings. The topological polar surface area (TPSA) is 44.5 Å². The minimum absolute atomic E-state index is 0.0241. The van der Waals surface area contributed by atoms with Crippen LogP contribution in [0.5, 0.6) is 5.75 Å². The lowest BCUT2D eigenvalue weighted by atomic mass is 10.0. The normalized spacial score (nSPS) is 12.7. The van der Waals surface area contributed by atoms with E-state index in [-0.39, 0.29) is 18.0 Å². The summed E-state index contributed by atoms with van der Waals surface area (Å²) in [5.41, 5.74) is 6.73. The van der Waals surface area contributed by atoms with E-state index in [9.17, 15) is 4.39 Å². The van der Waals surface area contributed by atoms with Gasteiger partial charge in [-0.15, -0.1) is 0 Å². The first kappa shape index (κ1) is 15.9. The summed E-state index contributed by atoms with van der Waals surface area (Å²) in [6.07, 6.45) is 1.62. The molecule has 4 heteroatoms. The van der Waals surface area contributed by atoms with Crippen molar-refractivity contribution in [2.75, 3.05) is 13.2 Å². The molecule has 0 aliphatic rings. The molecular formula is C15H24FNO2. The number of ether oxygens (including phenoxy) is 2. The van der Waals surface area contributed by atoms with Crippen LogP contribution in [0.2, 0.25) is 0 Å². The van der Waals surface area contributed by atoms with E-state index < -0.39 is 0 Å². The minimum atomic E-state index is -0.342. The van der Waals surface area contributed by atoms with Gasteiger partial charge >= 0.3 is 0 Å². The zero-order valence-electron chi connectivity index (χ0n) is 12.0. The van der Waals surface area contributed by atoms with Gasteiger partial charge in [-0.2, -0.15) is 0 Å². The Morgan fingerprint density at radius 1 is 1.26 bits per heavy atom. The fourth-order valence-electron chi connectivity index (χ4n) is 1.73. The molecule has 1 atom stereocenters. The van der Waals surface area contributed by atoms with Gasteiger partial charge < -0.3 is 15.2 Å². The second kappa shape index (κ2) is 8.12. The highest BCUT2D eigenvalue weighted by molar-refractivity contribution is 5.35. The van der Waals surface area contributed by atoms with E-state index in [4.69, 9.17) is 15.2 Å². The molecule has 2 N–H and O–H groups in total. The van der Waals surface area contributed by atoms with Gasteiger partial charge in [-0.25, -0.2) is 4.39 Å². The maximum atomic E-state index is 13.8. The van der Waals surface area contributed by atoms with Gasteiger partial charge in [0.1, 0.15) is 6.61 Å². The van der Waals surface area contributed by atoms with Crippen molar-refractivity contribution in [2.24, 2.45) is 5.73 Å². The molecule has 1 aromatic carbocycles. The Balaban J connectivity index is 2.64. The van der Waals surface area contributed by atoms with Crippen molar-refractivity contribution in [3.63, 3.8) is 0 Å². The monoisotopic (exact) mass is 269 g/mol. The Bertz CT molecular complexity index is 382. The lowest BCUT2D eigenvalue weighted by Gasteiger charge is -2.15. The van der Waals surface area contributed by atoms with Gasteiger partial charge in [-0.3, -0.25) is 0 Å². The van der Waals surface area contributed by atoms with Crippen molar-refractivity contribution < 1.29 is 13.9 Å². The van der Waals surface area contributed by atoms with Gasteiger partial charge in [0, 0.05) is 6.04 Å². The van der Waals surface area contributed by atoms with Gasteiger partial charge in [-0.1, -0.05) is 19.1 Å². The number of nitrogens with two attached hydrogens (primary N) is 1. The fourth-order valence-corrected chi connectivity index (χ4v) is 1.73. The number of halogens is 1. The third-order valence-electron chi connectivity index (χ3n) is 2.84. The molecule has 0 aromatic heterocycles. The van der Waals surface area contributed by atoms with Gasteiger partial charge in [0.15, 0.2) is 11.6 Å². The van der Waals surface area contributed by atoms with Gasteiger partial charge in [0.2, 0.25) is 0 Å². The highest BCUT2D eigenvalue weighted by atomic mass is 19.1. The van der Waals surface area contributed by atoms with Crippen molar-refractivity contribution in [2.45, 2.75) is 45.8 Å². The van der Waals surface area contributed by atoms with Crippen LogP contribution < -0.4 is 10.5 Å². The summed E-state index contributed by atoms with van der Waals surface area (Å²) in [5.74, 6) is -0.0379. The van der Waals surface area contributed by atoms with Crippen molar-refractivity contribution in [3.05, 3.63) is 29.6 Å². The maximum Gasteiger partial charge on any atom is 0.165 e. The number of para-hydroxylation sites is 1. The predicted molar refractivity (Wildman–Crippen MR) is 75.0 cm³/mol. The molecule has 0 saturated heterocycles. The number of rotatable bonds is 8. The van der Waals surface area contributed by atoms with Gasteiger partial charge in [-0.05, 0) is 38.3 Å². The van der Waals surface area contributed by atoms with Crippen LogP contribution in [-0.4, -0.2) is 25.4 Å². The van der Waals surface area contributed by atoms with Gasteiger partial charge in [0.25, 0.3) is 0 Å². The van der Waals surface area contributed by atoms with Crippen LogP contribution in [0.4, 0.5) is 4.39 Å². The summed E-state index contributed by atoms with van der Waals surface area (Å²) in [6.45, 7) is 6.71. The standard InChI is InChI=1S/C15H24FNO2/c1-4-13(17)10-12-6-5-7-14(16)15(12)19-9-8-18-11(2)3/h5-7,11,13H,4,8-10,17H2,1-3H3. The number of hydrogen-bond donors (Lipinski definition) is 1. The van der Waals surface area contributed by atoms with E-state index in [0.717, 1.165) is 12.0 Å². The second-order valence-corrected chi connectivity index (χ2v) is 4.87. The lowest BCUT2D eigenvalue weighted by Crippen LogP contribution is -2.22. The van der Waals surface area contributed by atoms with Crippen LogP contribution in [0.3, 0.4) is 0 Å². The Kier molecular flexibility index (Phi) is 6.81. The number of hydrogen-bond acceptors (Lipinski definition) is 3. The van der Waals surface area contributed by atoms with E-state index in [1.165, 1.54) is 6.07 Å². The summed E-state index contributed by atoms with van der Waals surface area (Å²) in [7, 11) is 0. The molecule has 0 radical (unpaired) electrons. The van der Waals surface area contributed by atoms with E-state index in [1.54, 1.807) is 6.07 Å². The van der Waals surface area contributed by atoms with Crippen LogP contribution in [0, 0.1) is 5.82 Å². The maximum absolute atomic E-state index is 13.8. The zero-order valence-corrected chi connectivity index (χ0v) is 12.0. The third kappa shape index (κ3) is 5.57. The van der Waals surface area contributed by atoms with Crippen LogP contribution in [-0.2, 0) is 11.2 Å². The molecule has 0 saturated carbocycles. The van der Waals surface area contributed by atoms with E-state index >= 15 is 0 Å². The first-order valence-corrected chi connectivity index (χ1v) is 6.82. The Morgan fingerprint density at radius 2 is 2.00 bits per heavy atom. The quantitative estimate of drug-likeness (QED) is 0.738. The summed E-state index contributed by atoms with van der Waals surface area (Å²) in [6, 6.07) is 4.97. The molecule has 0 aliphatic carbocycles. The minimum Gasteiger partial charge on any atom is -0.488 e. The second-order valence-electron chi connectivity index (χ2n) is 4.87. The molecule has 1 rings (SSSR count). The predicted octanol–water partition coefficient (Wildman–Crippen LogP) is 2.91. The highest BCUT2D eigenvalue weighted by Crippen LogP contribution is 2.24. The summed E-state index contributed by atoms with van der Waals surface area (Å²) < 4.78 is 24.7. The van der Waals surface area contributed by atoms with Gasteiger partial charge in [0.05, 0.1) is 12.7 Å². The molecule has 1 unspecified atom stereocenters. The lowest BCUT2D eigenvalue weighted by molar-refractivity contribution is 0.0542. The van der Waals surface area contributed by atoms with Crippen LogP contribution >= 0.6 is 0 Å². The average Bonchev–Trinajstić information content (AvgIpc) is 2.36. The van der Waals surface area contributed by atoms with Crippen molar-refractivity contribution >= 4 is 0 Å². The molecule has 0 heterocycles. The molecule has 0 bridgehead atoms. The average molecular weight is 269 g/mol. The molecule has 0 aliphatic heterocycles. The van der Waals surface area contributed by atoms with E-state index in [2.05, 4.69) is 0 Å². The van der Waals surface area contributed by atoms with Crippen molar-refractivity contribution in [3.8, 4) is 5.75 Å². The van der Waals surface area contributed by atoms with Crippen molar-refractivity contribution in [1.29, 1.82) is 0 Å². The first-order valence-electron chi connectivity index (χ1n) is 6.82. The summed E-state index contributed by atoms with van der Waals surface area (Å²) >= 11 is 0. The molecule has 0 spiro atoms. The Labute approximate surface area is 114 Å². The summed E-state index contributed by atoms with van der Waals surface area (Å²) in [4.78, 5) is 0. The van der Waals surface area contributed by atoms with Crippen LogP contribution in [0.15, 0.2) is 18.2 Å². The molecule has 1 aromatic rings. The van der Waals surface area contributed by atoms with Crippen molar-refractivity contribution in [1.82, 2.24) is 0 Å². The smallest absolute Gasteiger partial charge is 0.165 e. The number of benzene rings is 1.